The van der Waals surface area contributed by atoms with Gasteiger partial charge >= 0.3 is 0 Å². The van der Waals surface area contributed by atoms with Gasteiger partial charge in [-0.15, -0.1) is 0 Å². The van der Waals surface area contributed by atoms with Gasteiger partial charge in [0, 0.05) is 23.1 Å². The molecule has 3 heteroatoms. The molecule has 1 heterocycles. The summed E-state index contributed by atoms with van der Waals surface area (Å²) in [6, 6.07) is 6.81. The van der Waals surface area contributed by atoms with Gasteiger partial charge in [0.05, 0.1) is 0 Å². The largest absolute Gasteiger partial charge is 0.312 e. The Morgan fingerprint density at radius 2 is 2.10 bits per heavy atom. The molecule has 1 N–H and O–H groups in total. The minimum atomic E-state index is 0.344. The number of likely N-dealkylation sites (tertiary alicyclic amines) is 1. The molecule has 1 aliphatic rings. The minimum absolute atomic E-state index is 0.344. The fourth-order valence-electron chi connectivity index (χ4n) is 3.00. The maximum Gasteiger partial charge on any atom is 0.0250 e. The number of nitrogens with zero attached hydrogens (tertiary/aromatic N) is 1. The molecule has 118 valence electrons. The Hall–Kier alpha value is -0.380. The third-order valence-electron chi connectivity index (χ3n) is 4.43. The molecule has 1 fully saturated rings. The first-order valence-electron chi connectivity index (χ1n) is 8.11. The van der Waals surface area contributed by atoms with E-state index in [2.05, 4.69) is 72.0 Å². The molecule has 0 atom stereocenters. The van der Waals surface area contributed by atoms with Crippen molar-refractivity contribution in [1.29, 1.82) is 0 Å². The molecular formula is C18H29BrN2. The van der Waals surface area contributed by atoms with E-state index in [-0.39, 0.29) is 0 Å². The van der Waals surface area contributed by atoms with E-state index < -0.39 is 0 Å². The molecule has 0 spiro atoms. The van der Waals surface area contributed by atoms with Crippen LogP contribution < -0.4 is 5.32 Å². The predicted molar refractivity (Wildman–Crippen MR) is 94.4 cm³/mol. The molecule has 0 unspecified atom stereocenters. The second-order valence-corrected chi connectivity index (χ2v) is 8.14. The highest BCUT2D eigenvalue weighted by Gasteiger charge is 2.31. The Morgan fingerprint density at radius 1 is 1.33 bits per heavy atom. The first kappa shape index (κ1) is 17.0. The summed E-state index contributed by atoms with van der Waals surface area (Å²) in [5.74, 6) is 0.699. The van der Waals surface area contributed by atoms with Crippen LogP contribution in [0, 0.1) is 5.92 Å². The van der Waals surface area contributed by atoms with Crippen molar-refractivity contribution in [3.63, 3.8) is 0 Å². The summed E-state index contributed by atoms with van der Waals surface area (Å²) in [6.07, 6.45) is 2.63. The van der Waals surface area contributed by atoms with Crippen LogP contribution in [0.2, 0.25) is 0 Å². The van der Waals surface area contributed by atoms with E-state index in [0.29, 0.717) is 11.5 Å². The Balaban J connectivity index is 1.96. The van der Waals surface area contributed by atoms with Crippen molar-refractivity contribution in [1.82, 2.24) is 10.2 Å². The number of nitrogens with one attached hydrogen (secondary N) is 1. The average molecular weight is 353 g/mol. The van der Waals surface area contributed by atoms with E-state index >= 15 is 0 Å². The second kappa shape index (κ2) is 7.26. The quantitative estimate of drug-likeness (QED) is 0.806. The number of hydrogen-bond acceptors (Lipinski definition) is 2. The molecule has 0 bridgehead atoms. The van der Waals surface area contributed by atoms with Crippen LogP contribution in [-0.2, 0) is 13.1 Å². The fourth-order valence-corrected chi connectivity index (χ4v) is 3.55. The minimum Gasteiger partial charge on any atom is -0.312 e. The molecule has 1 aromatic rings. The number of benzene rings is 1. The fraction of sp³-hybridized carbons (Fsp3) is 0.667. The van der Waals surface area contributed by atoms with E-state index in [0.717, 1.165) is 19.6 Å². The molecule has 21 heavy (non-hydrogen) atoms. The number of hydrogen-bond donors (Lipinski definition) is 1. The summed E-state index contributed by atoms with van der Waals surface area (Å²) in [7, 11) is 0. The molecular weight excluding hydrogens is 324 g/mol. The zero-order valence-electron chi connectivity index (χ0n) is 13.9. The summed E-state index contributed by atoms with van der Waals surface area (Å²) in [5.41, 5.74) is 3.10. The summed E-state index contributed by atoms with van der Waals surface area (Å²) < 4.78 is 1.24. The molecule has 0 aromatic heterocycles. The molecule has 2 rings (SSSR count). The Kier molecular flexibility index (Phi) is 5.87. The number of rotatable bonds is 6. The van der Waals surface area contributed by atoms with Crippen molar-refractivity contribution in [2.45, 2.75) is 59.2 Å². The second-order valence-electron chi connectivity index (χ2n) is 7.29. The lowest BCUT2D eigenvalue weighted by Crippen LogP contribution is -2.37. The summed E-state index contributed by atoms with van der Waals surface area (Å²) in [5, 5.41) is 3.50. The highest BCUT2D eigenvalue weighted by atomic mass is 79.9. The third-order valence-corrected chi connectivity index (χ3v) is 5.17. The van der Waals surface area contributed by atoms with Crippen LogP contribution >= 0.6 is 15.9 Å². The van der Waals surface area contributed by atoms with Gasteiger partial charge in [0.2, 0.25) is 0 Å². The van der Waals surface area contributed by atoms with Gasteiger partial charge in [-0.3, -0.25) is 4.90 Å². The van der Waals surface area contributed by atoms with Crippen LogP contribution in [0.3, 0.4) is 0 Å². The van der Waals surface area contributed by atoms with E-state index in [9.17, 15) is 0 Å². The van der Waals surface area contributed by atoms with Gasteiger partial charge in [0.25, 0.3) is 0 Å². The summed E-state index contributed by atoms with van der Waals surface area (Å²) in [4.78, 5) is 2.60. The van der Waals surface area contributed by atoms with Crippen LogP contribution in [-0.4, -0.2) is 23.5 Å². The summed E-state index contributed by atoms with van der Waals surface area (Å²) >= 11 is 3.76. The lowest BCUT2D eigenvalue weighted by molar-refractivity contribution is 0.166. The summed E-state index contributed by atoms with van der Waals surface area (Å²) in [6.45, 7) is 13.5. The van der Waals surface area contributed by atoms with Crippen molar-refractivity contribution >= 4 is 15.9 Å². The van der Waals surface area contributed by atoms with Gasteiger partial charge in [-0.25, -0.2) is 0 Å². The lowest BCUT2D eigenvalue weighted by atomic mass is 10.0. The SMILES string of the molecule is CC(C)CNCc1ccc(CN2CCCC2(C)C)c(Br)c1. The zero-order valence-corrected chi connectivity index (χ0v) is 15.5. The Bertz CT molecular complexity index is 468. The van der Waals surface area contributed by atoms with Crippen LogP contribution in [0.25, 0.3) is 0 Å². The van der Waals surface area contributed by atoms with Gasteiger partial charge in [0.1, 0.15) is 0 Å². The van der Waals surface area contributed by atoms with Crippen LogP contribution in [0.5, 0.6) is 0 Å². The average Bonchev–Trinajstić information content (AvgIpc) is 2.71. The monoisotopic (exact) mass is 352 g/mol. The van der Waals surface area contributed by atoms with Gasteiger partial charge in [0.15, 0.2) is 0 Å². The lowest BCUT2D eigenvalue weighted by Gasteiger charge is -2.31. The van der Waals surface area contributed by atoms with Gasteiger partial charge < -0.3 is 5.32 Å². The predicted octanol–water partition coefficient (Wildman–Crippen LogP) is 4.57. The maximum absolute atomic E-state index is 3.76. The van der Waals surface area contributed by atoms with Gasteiger partial charge in [-0.2, -0.15) is 0 Å². The van der Waals surface area contributed by atoms with E-state index in [4.69, 9.17) is 0 Å². The van der Waals surface area contributed by atoms with Crippen molar-refractivity contribution in [2.75, 3.05) is 13.1 Å². The Labute approximate surface area is 138 Å². The third kappa shape index (κ3) is 4.80. The van der Waals surface area contributed by atoms with E-state index in [1.165, 1.54) is 35.0 Å². The normalized spacial score (nSPS) is 18.6. The topological polar surface area (TPSA) is 15.3 Å². The van der Waals surface area contributed by atoms with Crippen LogP contribution in [0.15, 0.2) is 22.7 Å². The van der Waals surface area contributed by atoms with Crippen molar-refractivity contribution < 1.29 is 0 Å². The van der Waals surface area contributed by atoms with E-state index in [1.807, 2.05) is 0 Å². The first-order valence-corrected chi connectivity index (χ1v) is 8.91. The molecule has 0 radical (unpaired) electrons. The van der Waals surface area contributed by atoms with Crippen LogP contribution in [0.4, 0.5) is 0 Å². The van der Waals surface area contributed by atoms with E-state index in [1.54, 1.807) is 0 Å². The molecule has 1 saturated heterocycles. The Morgan fingerprint density at radius 3 is 2.67 bits per heavy atom. The van der Waals surface area contributed by atoms with Crippen molar-refractivity contribution in [3.8, 4) is 0 Å². The standard InChI is InChI=1S/C18H29BrN2/c1-14(2)11-20-12-15-6-7-16(17(19)10-15)13-21-9-5-8-18(21,3)4/h6-7,10,14,20H,5,8-9,11-13H2,1-4H3. The molecule has 0 saturated carbocycles. The highest BCUT2D eigenvalue weighted by molar-refractivity contribution is 9.10. The molecule has 1 aromatic carbocycles. The van der Waals surface area contributed by atoms with Crippen molar-refractivity contribution in [3.05, 3.63) is 33.8 Å². The number of halogens is 1. The van der Waals surface area contributed by atoms with Gasteiger partial charge in [-0.05, 0) is 62.9 Å². The van der Waals surface area contributed by atoms with Crippen LogP contribution in [0.1, 0.15) is 51.7 Å². The first-order chi connectivity index (χ1) is 9.88. The van der Waals surface area contributed by atoms with Crippen molar-refractivity contribution in [2.24, 2.45) is 5.92 Å². The van der Waals surface area contributed by atoms with Gasteiger partial charge in [-0.1, -0.05) is 41.9 Å². The smallest absolute Gasteiger partial charge is 0.0250 e. The molecule has 1 aliphatic heterocycles. The molecule has 0 amide bonds. The maximum atomic E-state index is 3.76. The molecule has 0 aliphatic carbocycles. The zero-order chi connectivity index (χ0) is 15.5. The highest BCUT2D eigenvalue weighted by Crippen LogP contribution is 2.31. The molecule has 2 nitrogen and oxygen atoms in total.